The van der Waals surface area contributed by atoms with Crippen LogP contribution in [0.1, 0.15) is 101 Å². The van der Waals surface area contributed by atoms with Gasteiger partial charge in [-0.05, 0) is 183 Å². The van der Waals surface area contributed by atoms with Gasteiger partial charge in [-0.2, -0.15) is 0 Å². The molecule has 0 amide bonds. The van der Waals surface area contributed by atoms with Gasteiger partial charge in [-0.25, -0.2) is 9.97 Å². The summed E-state index contributed by atoms with van der Waals surface area (Å²) in [6, 6.07) is 49.9. The molecule has 36 heteroatoms. The van der Waals surface area contributed by atoms with E-state index in [9.17, 15) is 40.3 Å². The maximum atomic E-state index is 10.9. The van der Waals surface area contributed by atoms with Crippen LogP contribution in [0.15, 0.2) is 174 Å². The van der Waals surface area contributed by atoms with Crippen LogP contribution in [0.4, 0.5) is 46.0 Å². The van der Waals surface area contributed by atoms with Crippen LogP contribution in [-0.2, 0) is 67.8 Å². The zero-order valence-electron chi connectivity index (χ0n) is 79.9. The standard InChI is InChI=1S/C25H25N5O2.C15H14N4O2.C13H17NO3Si.C13H19NOSi.2C10H11NO.C8H8BrNO3.C5H10Si.CH2O3.2K.H/c1-3-17-5-7-19(10-11-31)21(12-17)27-14-18-6-8-20-23(13-18)30(25(26)29-20)15-22-24(32)9-4-16(2)28-22;1-9-2-5-14(21)12(17-9)7-19-13-6-10(8-20)3-4-11(13)18-15(19)16;1-18(2,3)9-7-11-4-5-12(6-8-15)13(10-11)14(16)17;1-16(2,3)9-7-11-4-5-12(6-8-15)13(14)10-11;2*1-2-8-3-4-9(5-6-12)10(11)7-8;9-7-2-1-6(3-4-11)8(5-7)10(12)13;1-5-6(2,3)4;2-1-4-3;;;/h1,4-9,12-13,27,31-32H,10-11,14-15H2,2H3,(H2,26,29);2-6,8,21H,7H2,1H3,(H2,16,18);4-5,10,15H,6,8H2,1-3H3;4-5,10,15H,6,8,14H2,1-3H3;2*1,3-4,7,12H,5-6,11H2;1-2,5,11H,3-4H2;1H,2-4H3;1,3H;;;/q;;;;;;;;;2*+1;-1/p-1. The molecular weight excluding hydrogens is 1900 g/mol. The second-order valence-electron chi connectivity index (χ2n) is 32.6. The van der Waals surface area contributed by atoms with Crippen molar-refractivity contribution >= 4 is 121 Å². The number of hydrogen-bond acceptors (Lipinski definition) is 26. The van der Waals surface area contributed by atoms with Crippen LogP contribution in [0.25, 0.3) is 22.1 Å². The normalized spacial score (nSPS) is 10.1. The molecule has 0 bridgehead atoms. The second kappa shape index (κ2) is 61.8. The molecule has 136 heavy (non-hydrogen) atoms. The maximum absolute atomic E-state index is 10.9. The van der Waals surface area contributed by atoms with E-state index in [1.165, 1.54) is 12.1 Å². The summed E-state index contributed by atoms with van der Waals surface area (Å²) in [5, 5.41) is 107. The molecule has 0 unspecified atom stereocenters. The van der Waals surface area contributed by atoms with Gasteiger partial charge in [-0.15, -0.1) is 42.3 Å². The van der Waals surface area contributed by atoms with E-state index in [0.717, 1.165) is 95.7 Å². The summed E-state index contributed by atoms with van der Waals surface area (Å²) in [7, 11) is -3.92. The van der Waals surface area contributed by atoms with Gasteiger partial charge in [-0.1, -0.05) is 147 Å². The molecule has 0 fully saturated rings. The van der Waals surface area contributed by atoms with Crippen molar-refractivity contribution in [2.45, 2.75) is 131 Å². The number of nitro groups is 2. The minimum absolute atomic E-state index is 0. The van der Waals surface area contributed by atoms with Gasteiger partial charge in [-0.3, -0.25) is 39.8 Å². The zero-order chi connectivity index (χ0) is 100. The first kappa shape index (κ1) is 121. The molecule has 0 atom stereocenters. The number of nitrogens with one attached hydrogen (secondary N) is 1. The molecule has 0 radical (unpaired) electrons. The predicted molar refractivity (Wildman–Crippen MR) is 543 cm³/mol. The fraction of sp³-hybridized carbons (Fsp3) is 0.260. The molecular formula is C100H117BrK2N14O16Si3. The van der Waals surface area contributed by atoms with Crippen LogP contribution in [0.5, 0.6) is 11.5 Å². The van der Waals surface area contributed by atoms with Crippen molar-refractivity contribution in [2.75, 3.05) is 73.6 Å². The Hall–Kier alpha value is -11.2. The molecule has 30 nitrogen and oxygen atoms in total. The molecule has 0 spiro atoms. The topological polar surface area (TPSA) is 518 Å². The zero-order valence-corrected chi connectivity index (χ0v) is 89.8. The molecule has 0 aliphatic rings. The van der Waals surface area contributed by atoms with Crippen LogP contribution in [0.3, 0.4) is 0 Å². The number of nitrogen functional groups attached to an aromatic ring is 5. The molecule has 0 saturated carbocycles. The molecule has 12 aromatic rings. The van der Waals surface area contributed by atoms with Crippen molar-refractivity contribution < 1.29 is 175 Å². The van der Waals surface area contributed by atoms with Crippen molar-refractivity contribution in [1.29, 1.82) is 0 Å². The Labute approximate surface area is 892 Å². The van der Waals surface area contributed by atoms with E-state index < -0.39 is 34.1 Å². The van der Waals surface area contributed by atoms with Crippen molar-refractivity contribution in [3.05, 3.63) is 290 Å². The van der Waals surface area contributed by atoms with Crippen molar-refractivity contribution in [1.82, 2.24) is 29.1 Å². The number of rotatable bonds is 23. The number of carbonyl (C=O) groups is 2. The Kier molecular flexibility index (Phi) is 55.0. The molecule has 0 saturated heterocycles. The summed E-state index contributed by atoms with van der Waals surface area (Å²) in [5.74, 6) is 14.7. The Morgan fingerprint density at radius 1 is 0.463 bits per heavy atom. The first-order valence-electron chi connectivity index (χ1n) is 41.8. The number of nitro benzene ring substituents is 2. The number of fused-ring (bicyclic) bond motifs is 2. The summed E-state index contributed by atoms with van der Waals surface area (Å²) < 4.78 is 4.24. The summed E-state index contributed by atoms with van der Waals surface area (Å²) in [6.07, 6.45) is 24.7. The third kappa shape index (κ3) is 43.0. The van der Waals surface area contributed by atoms with Gasteiger partial charge in [0.2, 0.25) is 11.9 Å². The number of pyridine rings is 2. The van der Waals surface area contributed by atoms with Crippen molar-refractivity contribution in [2.24, 2.45) is 0 Å². The summed E-state index contributed by atoms with van der Waals surface area (Å²) in [4.78, 5) is 60.2. The number of terminal acetylenes is 4. The van der Waals surface area contributed by atoms with E-state index in [-0.39, 0.29) is 186 Å². The molecule has 8 aromatic carbocycles. The van der Waals surface area contributed by atoms with Crippen molar-refractivity contribution in [3.63, 3.8) is 0 Å². The fourth-order valence-electron chi connectivity index (χ4n) is 11.8. The number of halogens is 1. The minimum atomic E-state index is -1.48. The second-order valence-corrected chi connectivity index (χ2v) is 47.8. The number of imidazole rings is 2. The summed E-state index contributed by atoms with van der Waals surface area (Å²) in [5.41, 5.74) is 57.8. The third-order valence-corrected chi connectivity index (χ3v) is 21.7. The Balaban J connectivity index is 0.000000803. The minimum Gasteiger partial charge on any atom is -1.00 e. The number of carbonyl (C=O) groups excluding carboxylic acids is 2. The first-order chi connectivity index (χ1) is 63.5. The van der Waals surface area contributed by atoms with Gasteiger partial charge in [0.15, 0.2) is 0 Å². The number of aromatic nitrogens is 6. The largest absolute Gasteiger partial charge is 1.00 e. The molecule has 4 heterocycles. The Morgan fingerprint density at radius 3 is 1.18 bits per heavy atom. The van der Waals surface area contributed by atoms with E-state index in [4.69, 9.17) is 89.9 Å². The van der Waals surface area contributed by atoms with E-state index in [2.05, 4.69) is 151 Å². The number of nitrogens with zero attached hydrogens (tertiary/aromatic N) is 8. The summed E-state index contributed by atoms with van der Waals surface area (Å²) >= 11 is 3.15. The van der Waals surface area contributed by atoms with Crippen molar-refractivity contribution in [3.8, 4) is 83.4 Å². The smallest absolute Gasteiger partial charge is 1.00 e. The molecule has 704 valence electrons. The number of nitrogens with two attached hydrogens (primary N) is 5. The van der Waals surface area contributed by atoms with Gasteiger partial charge in [0.05, 0.1) is 45.0 Å². The SMILES string of the molecule is C#C[Si](C)(C)C.C#Cc1ccc(CCO)c(N)c1.C#Cc1ccc(CCO)c(N)c1.C#Cc1ccc(CCO)c(NCc2ccc3nc(N)n(Cc4nc(C)ccc4O)c3c2)c1.C[Si](C)(C)C#Cc1ccc(CCO)c(N)c1.C[Si](C)(C)C#Cc1ccc(CCO)c([N+](=O)[O-])c1.Cc1ccc(O)c(Cn2c(N)nc3ccc(C=O)cc32)n1.O=CO[O-].O=[N+]([O-])c1cc(Br)ccc1CCO.[H-].[K+].[K+]. The molecule has 12 rings (SSSR count). The average Bonchev–Trinajstić information content (AvgIpc) is 1.65. The van der Waals surface area contributed by atoms with E-state index >= 15 is 0 Å². The third-order valence-electron chi connectivity index (χ3n) is 18.6. The number of hydrogen-bond donors (Lipinski definition) is 14. The maximum Gasteiger partial charge on any atom is 1.00 e. The summed E-state index contributed by atoms with van der Waals surface area (Å²) in [6.45, 7) is 24.4. The van der Waals surface area contributed by atoms with Gasteiger partial charge in [0.25, 0.3) is 17.8 Å². The number of aldehydes is 1. The Morgan fingerprint density at radius 2 is 0.809 bits per heavy atom. The fourth-order valence-corrected chi connectivity index (χ4v) is 13.1. The van der Waals surface area contributed by atoms with E-state index in [0.29, 0.717) is 112 Å². The van der Waals surface area contributed by atoms with E-state index in [1.807, 2.05) is 97.3 Å². The van der Waals surface area contributed by atoms with Crippen LogP contribution in [0, 0.1) is 106 Å². The van der Waals surface area contributed by atoms with Crippen LogP contribution >= 0.6 is 15.9 Å². The van der Waals surface area contributed by atoms with Crippen LogP contribution in [-0.4, -0.2) is 156 Å². The number of benzene rings is 8. The van der Waals surface area contributed by atoms with Crippen LogP contribution in [0.2, 0.25) is 58.9 Å². The van der Waals surface area contributed by atoms with E-state index in [1.54, 1.807) is 83.4 Å². The van der Waals surface area contributed by atoms with Gasteiger partial charge in [0, 0.05) is 154 Å². The first-order valence-corrected chi connectivity index (χ1v) is 53.1. The molecule has 4 aromatic heterocycles. The number of anilines is 6. The number of aliphatic hydroxyl groups is 6. The number of aliphatic hydroxyl groups excluding tert-OH is 6. The molecule has 19 N–H and O–H groups in total. The van der Waals surface area contributed by atoms with Crippen LogP contribution < -0.4 is 142 Å². The molecule has 0 aliphatic carbocycles. The molecule has 0 aliphatic heterocycles. The number of aromatic hydroxyl groups is 2. The predicted octanol–water partition coefficient (Wildman–Crippen LogP) is 7.00. The average molecular weight is 2010 g/mol. The Bertz CT molecular complexity index is 6250. The quantitative estimate of drug-likeness (QED) is 0.00583. The number of aryl methyl sites for hydroxylation is 2. The van der Waals surface area contributed by atoms with Gasteiger partial charge >= 0.3 is 103 Å². The monoisotopic (exact) mass is 2010 g/mol. The van der Waals surface area contributed by atoms with Gasteiger partial charge in [0.1, 0.15) is 53.4 Å². The van der Waals surface area contributed by atoms with Gasteiger partial charge < -0.3 is 95.5 Å².